The molecule has 5 aromatic carbocycles. The lowest BCUT2D eigenvalue weighted by Gasteiger charge is -2.11. The van der Waals surface area contributed by atoms with Gasteiger partial charge in [0.2, 0.25) is 5.89 Å². The maximum atomic E-state index is 6.41. The lowest BCUT2D eigenvalue weighted by molar-refractivity contribution is 0.620. The van der Waals surface area contributed by atoms with E-state index in [9.17, 15) is 0 Å². The predicted octanol–water partition coefficient (Wildman–Crippen LogP) is 9.65. The van der Waals surface area contributed by atoms with E-state index in [2.05, 4.69) is 93.6 Å². The molecule has 178 valence electrons. The fourth-order valence-electron chi connectivity index (χ4n) is 5.64. The largest absolute Gasteiger partial charge is 0.455 e. The van der Waals surface area contributed by atoms with E-state index in [4.69, 9.17) is 13.8 Å². The SMILES string of the molecule is Cc1cc(C)c(-c2cccc3nc(-c4ccc(-c5cccc6c5oc5ccccc56)cc4)oc23)c(C)c1. The number of aryl methyl sites for hydroxylation is 3. The van der Waals surface area contributed by atoms with Gasteiger partial charge in [-0.3, -0.25) is 0 Å². The first-order valence-electron chi connectivity index (χ1n) is 12.6. The Morgan fingerprint density at radius 2 is 1.24 bits per heavy atom. The van der Waals surface area contributed by atoms with E-state index in [1.807, 2.05) is 24.3 Å². The van der Waals surface area contributed by atoms with Crippen LogP contribution in [0.3, 0.4) is 0 Å². The molecule has 0 aliphatic carbocycles. The van der Waals surface area contributed by atoms with Gasteiger partial charge in [0.15, 0.2) is 5.58 Å². The fourth-order valence-corrected chi connectivity index (χ4v) is 5.64. The van der Waals surface area contributed by atoms with Crippen LogP contribution in [-0.4, -0.2) is 4.98 Å². The van der Waals surface area contributed by atoms with Gasteiger partial charge in [0.25, 0.3) is 0 Å². The predicted molar refractivity (Wildman–Crippen MR) is 152 cm³/mol. The molecule has 3 heteroatoms. The highest BCUT2D eigenvalue weighted by atomic mass is 16.3. The number of aromatic nitrogens is 1. The highest BCUT2D eigenvalue weighted by molar-refractivity contribution is 6.09. The summed E-state index contributed by atoms with van der Waals surface area (Å²) < 4.78 is 12.6. The molecular weight excluding hydrogens is 454 g/mol. The summed E-state index contributed by atoms with van der Waals surface area (Å²) in [6.45, 7) is 6.45. The third-order valence-electron chi connectivity index (χ3n) is 7.21. The van der Waals surface area contributed by atoms with Crippen molar-refractivity contribution in [2.24, 2.45) is 0 Å². The van der Waals surface area contributed by atoms with Crippen LogP contribution in [0.2, 0.25) is 0 Å². The lowest BCUT2D eigenvalue weighted by Crippen LogP contribution is -1.90. The molecule has 0 atom stereocenters. The summed E-state index contributed by atoms with van der Waals surface area (Å²) in [5, 5.41) is 2.27. The molecule has 0 spiro atoms. The number of hydrogen-bond donors (Lipinski definition) is 0. The van der Waals surface area contributed by atoms with Gasteiger partial charge in [-0.1, -0.05) is 78.4 Å². The van der Waals surface area contributed by atoms with Gasteiger partial charge in [-0.15, -0.1) is 0 Å². The van der Waals surface area contributed by atoms with Crippen molar-refractivity contribution < 1.29 is 8.83 Å². The summed E-state index contributed by atoms with van der Waals surface area (Å²) >= 11 is 0. The molecule has 0 amide bonds. The zero-order valence-corrected chi connectivity index (χ0v) is 21.0. The van der Waals surface area contributed by atoms with Crippen LogP contribution in [0.15, 0.2) is 106 Å². The molecule has 2 aromatic heterocycles. The molecular formula is C34H25NO2. The van der Waals surface area contributed by atoms with Gasteiger partial charge in [-0.2, -0.15) is 0 Å². The summed E-state index contributed by atoms with van der Waals surface area (Å²) in [6.07, 6.45) is 0. The zero-order chi connectivity index (χ0) is 25.1. The van der Waals surface area contributed by atoms with Crippen molar-refractivity contribution in [3.8, 4) is 33.7 Å². The number of para-hydroxylation sites is 3. The quantitative estimate of drug-likeness (QED) is 0.253. The Bertz CT molecular complexity index is 1930. The standard InChI is InChI=1S/C34H25NO2/c1-20-18-21(2)31(22(3)19-20)28-11-7-12-29-33(28)37-34(35-29)24-16-14-23(15-17-24)25-9-6-10-27-26-8-4-5-13-30(26)36-32(25)27/h4-19H,1-3H3. The molecule has 3 nitrogen and oxygen atoms in total. The van der Waals surface area contributed by atoms with Crippen molar-refractivity contribution in [2.45, 2.75) is 20.8 Å². The van der Waals surface area contributed by atoms with Crippen LogP contribution in [0.1, 0.15) is 16.7 Å². The van der Waals surface area contributed by atoms with Crippen molar-refractivity contribution in [2.75, 3.05) is 0 Å². The van der Waals surface area contributed by atoms with E-state index in [0.717, 1.165) is 55.3 Å². The van der Waals surface area contributed by atoms with E-state index >= 15 is 0 Å². The van der Waals surface area contributed by atoms with Crippen molar-refractivity contribution in [1.82, 2.24) is 4.98 Å². The third-order valence-corrected chi connectivity index (χ3v) is 7.21. The molecule has 2 heterocycles. The molecule has 7 rings (SSSR count). The average molecular weight is 480 g/mol. The van der Waals surface area contributed by atoms with E-state index in [0.29, 0.717) is 5.89 Å². The first kappa shape index (κ1) is 21.6. The van der Waals surface area contributed by atoms with Gasteiger partial charge < -0.3 is 8.83 Å². The number of rotatable bonds is 3. The van der Waals surface area contributed by atoms with Gasteiger partial charge in [0.1, 0.15) is 16.7 Å². The number of nitrogens with zero attached hydrogens (tertiary/aromatic N) is 1. The summed E-state index contributed by atoms with van der Waals surface area (Å²) in [5.41, 5.74) is 12.7. The molecule has 0 fully saturated rings. The molecule has 7 aromatic rings. The first-order valence-corrected chi connectivity index (χ1v) is 12.6. The van der Waals surface area contributed by atoms with Crippen LogP contribution < -0.4 is 0 Å². The third kappa shape index (κ3) is 3.47. The topological polar surface area (TPSA) is 39.2 Å². The molecule has 0 aliphatic rings. The van der Waals surface area contributed by atoms with Crippen LogP contribution in [-0.2, 0) is 0 Å². The Labute approximate surface area is 215 Å². The molecule has 37 heavy (non-hydrogen) atoms. The van der Waals surface area contributed by atoms with E-state index in [1.54, 1.807) is 0 Å². The molecule has 0 aliphatic heterocycles. The van der Waals surface area contributed by atoms with Crippen LogP contribution in [0.25, 0.3) is 66.7 Å². The second-order valence-corrected chi connectivity index (χ2v) is 9.80. The van der Waals surface area contributed by atoms with Crippen LogP contribution in [0.4, 0.5) is 0 Å². The van der Waals surface area contributed by atoms with E-state index in [-0.39, 0.29) is 0 Å². The van der Waals surface area contributed by atoms with E-state index < -0.39 is 0 Å². The highest BCUT2D eigenvalue weighted by Crippen LogP contribution is 2.38. The van der Waals surface area contributed by atoms with E-state index in [1.165, 1.54) is 22.3 Å². The normalized spacial score (nSPS) is 11.6. The van der Waals surface area contributed by atoms with Crippen molar-refractivity contribution in [3.05, 3.63) is 114 Å². The number of hydrogen-bond acceptors (Lipinski definition) is 3. The minimum atomic E-state index is 0.623. The number of benzene rings is 5. The van der Waals surface area contributed by atoms with Crippen LogP contribution >= 0.6 is 0 Å². The van der Waals surface area contributed by atoms with Crippen molar-refractivity contribution >= 4 is 33.0 Å². The van der Waals surface area contributed by atoms with Gasteiger partial charge in [-0.05, 0) is 67.3 Å². The summed E-state index contributed by atoms with van der Waals surface area (Å²) in [6, 6.07) is 33.5. The molecule has 0 N–H and O–H groups in total. The van der Waals surface area contributed by atoms with Gasteiger partial charge in [-0.25, -0.2) is 4.98 Å². The Balaban J connectivity index is 1.31. The zero-order valence-electron chi connectivity index (χ0n) is 21.0. The molecule has 0 radical (unpaired) electrons. The minimum Gasteiger partial charge on any atom is -0.455 e. The summed E-state index contributed by atoms with van der Waals surface area (Å²) in [5.74, 6) is 0.623. The Morgan fingerprint density at radius 3 is 2.05 bits per heavy atom. The van der Waals surface area contributed by atoms with Gasteiger partial charge >= 0.3 is 0 Å². The average Bonchev–Trinajstić information content (AvgIpc) is 3.50. The number of fused-ring (bicyclic) bond motifs is 4. The maximum absolute atomic E-state index is 6.41. The number of furan rings is 1. The second-order valence-electron chi connectivity index (χ2n) is 9.80. The number of oxazole rings is 1. The molecule has 0 bridgehead atoms. The van der Waals surface area contributed by atoms with Crippen LogP contribution in [0.5, 0.6) is 0 Å². The Kier molecular flexibility index (Phi) is 4.80. The molecule has 0 saturated carbocycles. The van der Waals surface area contributed by atoms with Crippen molar-refractivity contribution in [1.29, 1.82) is 0 Å². The summed E-state index contributed by atoms with van der Waals surface area (Å²) in [7, 11) is 0. The first-order chi connectivity index (χ1) is 18.1. The Morgan fingerprint density at radius 1 is 0.568 bits per heavy atom. The Hall–Kier alpha value is -4.63. The second kappa shape index (κ2) is 8.21. The monoisotopic (exact) mass is 479 g/mol. The van der Waals surface area contributed by atoms with Gasteiger partial charge in [0, 0.05) is 27.5 Å². The minimum absolute atomic E-state index is 0.623. The van der Waals surface area contributed by atoms with Crippen LogP contribution in [0, 0.1) is 20.8 Å². The van der Waals surface area contributed by atoms with Gasteiger partial charge in [0.05, 0.1) is 0 Å². The molecule has 0 unspecified atom stereocenters. The lowest BCUT2D eigenvalue weighted by atomic mass is 9.93. The van der Waals surface area contributed by atoms with Crippen molar-refractivity contribution in [3.63, 3.8) is 0 Å². The fraction of sp³-hybridized carbons (Fsp3) is 0.0882. The smallest absolute Gasteiger partial charge is 0.227 e. The maximum Gasteiger partial charge on any atom is 0.227 e. The summed E-state index contributed by atoms with van der Waals surface area (Å²) in [4.78, 5) is 4.84. The molecule has 0 saturated heterocycles. The highest BCUT2D eigenvalue weighted by Gasteiger charge is 2.17.